The van der Waals surface area contributed by atoms with Gasteiger partial charge < -0.3 is 5.32 Å². The van der Waals surface area contributed by atoms with Crippen molar-refractivity contribution in [1.29, 1.82) is 0 Å². The molecule has 1 N–H and O–H groups in total. The maximum absolute atomic E-state index is 13.2. The van der Waals surface area contributed by atoms with Gasteiger partial charge in [-0.05, 0) is 17.5 Å². The highest BCUT2D eigenvalue weighted by atomic mass is 19.1. The Morgan fingerprint density at radius 2 is 2.00 bits per heavy atom. The third kappa shape index (κ3) is 5.49. The Hall–Kier alpha value is -1.82. The lowest BCUT2D eigenvalue weighted by molar-refractivity contribution is -0.122. The zero-order valence-corrected chi connectivity index (χ0v) is 11.0. The molecule has 0 heterocycles. The highest BCUT2D eigenvalue weighted by Gasteiger charge is 2.14. The van der Waals surface area contributed by atoms with E-state index in [-0.39, 0.29) is 23.7 Å². The van der Waals surface area contributed by atoms with Gasteiger partial charge in [0.2, 0.25) is 5.91 Å². The van der Waals surface area contributed by atoms with E-state index < -0.39 is 0 Å². The van der Waals surface area contributed by atoms with E-state index in [9.17, 15) is 9.18 Å². The normalized spacial score (nSPS) is 10.4. The third-order valence-corrected chi connectivity index (χ3v) is 2.16. The van der Waals surface area contributed by atoms with Crippen molar-refractivity contribution in [2.75, 3.05) is 6.54 Å². The summed E-state index contributed by atoms with van der Waals surface area (Å²) < 4.78 is 13.2. The highest BCUT2D eigenvalue weighted by molar-refractivity contribution is 5.76. The molecule has 0 aliphatic rings. The number of benzene rings is 1. The van der Waals surface area contributed by atoms with E-state index in [4.69, 9.17) is 0 Å². The summed E-state index contributed by atoms with van der Waals surface area (Å²) in [6.07, 6.45) is 0.453. The van der Waals surface area contributed by atoms with Crippen LogP contribution in [0.5, 0.6) is 0 Å². The number of amides is 1. The lowest BCUT2D eigenvalue weighted by Gasteiger charge is -2.16. The summed E-state index contributed by atoms with van der Waals surface area (Å²) in [5.74, 6) is 5.05. The standard InChI is InChI=1S/C15H18FNO/c1-15(2,3)11-14(18)17-10-6-8-12-7-4-5-9-13(12)16/h4-5,7,9H,10-11H2,1-3H3,(H,17,18). The van der Waals surface area contributed by atoms with Crippen molar-refractivity contribution < 1.29 is 9.18 Å². The summed E-state index contributed by atoms with van der Waals surface area (Å²) in [4.78, 5) is 11.5. The van der Waals surface area contributed by atoms with Crippen LogP contribution in [0.3, 0.4) is 0 Å². The second-order valence-electron chi connectivity index (χ2n) is 5.30. The molecule has 2 nitrogen and oxygen atoms in total. The first-order chi connectivity index (χ1) is 8.38. The summed E-state index contributed by atoms with van der Waals surface area (Å²) in [7, 11) is 0. The van der Waals surface area contributed by atoms with E-state index in [0.717, 1.165) is 0 Å². The smallest absolute Gasteiger partial charge is 0.221 e. The molecule has 0 spiro atoms. The minimum atomic E-state index is -0.342. The highest BCUT2D eigenvalue weighted by Crippen LogP contribution is 2.17. The molecule has 3 heteroatoms. The van der Waals surface area contributed by atoms with E-state index in [1.165, 1.54) is 6.07 Å². The van der Waals surface area contributed by atoms with Crippen LogP contribution in [-0.2, 0) is 4.79 Å². The molecule has 0 radical (unpaired) electrons. The number of carbonyl (C=O) groups excluding carboxylic acids is 1. The summed E-state index contributed by atoms with van der Waals surface area (Å²) in [6.45, 7) is 6.23. The van der Waals surface area contributed by atoms with Gasteiger partial charge in [-0.15, -0.1) is 0 Å². The average molecular weight is 247 g/mol. The zero-order chi connectivity index (χ0) is 13.6. The molecule has 0 aliphatic heterocycles. The molecular formula is C15H18FNO. The monoisotopic (exact) mass is 247 g/mol. The summed E-state index contributed by atoms with van der Waals surface area (Å²) in [6, 6.07) is 6.32. The molecule has 0 saturated carbocycles. The van der Waals surface area contributed by atoms with Crippen molar-refractivity contribution in [3.63, 3.8) is 0 Å². The SMILES string of the molecule is CC(C)(C)CC(=O)NCC#Cc1ccccc1F. The zero-order valence-electron chi connectivity index (χ0n) is 11.0. The Kier molecular flexibility index (Phi) is 4.91. The molecule has 1 aromatic rings. The largest absolute Gasteiger partial charge is 0.345 e. The molecule has 0 aromatic heterocycles. The number of carbonyl (C=O) groups is 1. The predicted octanol–water partition coefficient (Wildman–Crippen LogP) is 2.73. The number of hydrogen-bond acceptors (Lipinski definition) is 1. The summed E-state index contributed by atoms with van der Waals surface area (Å²) >= 11 is 0. The van der Waals surface area contributed by atoms with Crippen LogP contribution in [0.2, 0.25) is 0 Å². The quantitative estimate of drug-likeness (QED) is 0.800. The van der Waals surface area contributed by atoms with Crippen LogP contribution in [0.15, 0.2) is 24.3 Å². The number of halogens is 1. The molecule has 1 rings (SSSR count). The number of rotatable bonds is 2. The Bertz CT molecular complexity index is 477. The van der Waals surface area contributed by atoms with Gasteiger partial charge in [0.15, 0.2) is 0 Å². The van der Waals surface area contributed by atoms with E-state index in [1.54, 1.807) is 18.2 Å². The average Bonchev–Trinajstić information content (AvgIpc) is 2.24. The first-order valence-corrected chi connectivity index (χ1v) is 5.88. The first kappa shape index (κ1) is 14.2. The van der Waals surface area contributed by atoms with Gasteiger partial charge in [-0.3, -0.25) is 4.79 Å². The molecule has 1 aromatic carbocycles. The Balaban J connectivity index is 2.44. The van der Waals surface area contributed by atoms with Crippen molar-refractivity contribution in [2.45, 2.75) is 27.2 Å². The molecule has 0 fully saturated rings. The van der Waals surface area contributed by atoms with Crippen molar-refractivity contribution in [3.05, 3.63) is 35.6 Å². The van der Waals surface area contributed by atoms with Gasteiger partial charge in [-0.25, -0.2) is 4.39 Å². The predicted molar refractivity (Wildman–Crippen MR) is 70.4 cm³/mol. The first-order valence-electron chi connectivity index (χ1n) is 5.88. The van der Waals surface area contributed by atoms with Crippen molar-refractivity contribution >= 4 is 5.91 Å². The molecule has 0 aliphatic carbocycles. The second-order valence-corrected chi connectivity index (χ2v) is 5.30. The number of hydrogen-bond donors (Lipinski definition) is 1. The van der Waals surface area contributed by atoms with Gasteiger partial charge in [0.1, 0.15) is 5.82 Å². The fraction of sp³-hybridized carbons (Fsp3) is 0.400. The number of nitrogens with one attached hydrogen (secondary N) is 1. The lowest BCUT2D eigenvalue weighted by atomic mass is 9.92. The van der Waals surface area contributed by atoms with Gasteiger partial charge in [-0.2, -0.15) is 0 Å². The third-order valence-electron chi connectivity index (χ3n) is 2.16. The van der Waals surface area contributed by atoms with Gasteiger partial charge >= 0.3 is 0 Å². The van der Waals surface area contributed by atoms with E-state index >= 15 is 0 Å². The van der Waals surface area contributed by atoms with Crippen LogP contribution >= 0.6 is 0 Å². The van der Waals surface area contributed by atoms with E-state index in [0.29, 0.717) is 12.0 Å². The van der Waals surface area contributed by atoms with E-state index in [2.05, 4.69) is 17.2 Å². The fourth-order valence-corrected chi connectivity index (χ4v) is 1.39. The second kappa shape index (κ2) is 6.20. The molecule has 0 saturated heterocycles. The molecule has 1 amide bonds. The van der Waals surface area contributed by atoms with Crippen LogP contribution in [0.25, 0.3) is 0 Å². The van der Waals surface area contributed by atoms with Gasteiger partial charge in [0.05, 0.1) is 12.1 Å². The minimum absolute atomic E-state index is 0.0367. The van der Waals surface area contributed by atoms with Crippen molar-refractivity contribution in [1.82, 2.24) is 5.32 Å². The Morgan fingerprint density at radius 1 is 1.33 bits per heavy atom. The topological polar surface area (TPSA) is 29.1 Å². The van der Waals surface area contributed by atoms with Crippen LogP contribution in [-0.4, -0.2) is 12.5 Å². The van der Waals surface area contributed by atoms with Gasteiger partial charge in [0.25, 0.3) is 0 Å². The van der Waals surface area contributed by atoms with Crippen LogP contribution in [0, 0.1) is 23.1 Å². The summed E-state index contributed by atoms with van der Waals surface area (Å²) in [5, 5.41) is 2.69. The fourth-order valence-electron chi connectivity index (χ4n) is 1.39. The molecule has 0 bridgehead atoms. The Labute approximate surface area is 108 Å². The molecular weight excluding hydrogens is 229 g/mol. The van der Waals surface area contributed by atoms with Crippen molar-refractivity contribution in [2.24, 2.45) is 5.41 Å². The molecule has 0 atom stereocenters. The molecule has 0 unspecified atom stereocenters. The maximum Gasteiger partial charge on any atom is 0.221 e. The van der Waals surface area contributed by atoms with Gasteiger partial charge in [0, 0.05) is 6.42 Å². The molecule has 96 valence electrons. The van der Waals surface area contributed by atoms with Gasteiger partial charge in [-0.1, -0.05) is 44.7 Å². The Morgan fingerprint density at radius 3 is 2.61 bits per heavy atom. The van der Waals surface area contributed by atoms with Crippen LogP contribution < -0.4 is 5.32 Å². The lowest BCUT2D eigenvalue weighted by Crippen LogP contribution is -2.27. The summed E-state index contributed by atoms with van der Waals surface area (Å²) in [5.41, 5.74) is 0.311. The molecule has 18 heavy (non-hydrogen) atoms. The van der Waals surface area contributed by atoms with Crippen LogP contribution in [0.1, 0.15) is 32.8 Å². The van der Waals surface area contributed by atoms with Crippen molar-refractivity contribution in [3.8, 4) is 11.8 Å². The van der Waals surface area contributed by atoms with E-state index in [1.807, 2.05) is 20.8 Å². The maximum atomic E-state index is 13.2. The minimum Gasteiger partial charge on any atom is -0.345 e. The van der Waals surface area contributed by atoms with Crippen LogP contribution in [0.4, 0.5) is 4.39 Å².